The predicted molar refractivity (Wildman–Crippen MR) is 76.5 cm³/mol. The molecule has 118 valence electrons. The Labute approximate surface area is 123 Å². The number of carbonyl (C=O) groups is 2. The van der Waals surface area contributed by atoms with Crippen molar-refractivity contribution in [1.82, 2.24) is 5.32 Å². The molecule has 1 rings (SSSR count). The lowest BCUT2D eigenvalue weighted by molar-refractivity contribution is -0.159. The number of nitrogens with one attached hydrogen (secondary N) is 1. The average Bonchev–Trinajstić information content (AvgIpc) is 2.46. The van der Waals surface area contributed by atoms with Gasteiger partial charge in [0.15, 0.2) is 0 Å². The van der Waals surface area contributed by atoms with Crippen LogP contribution >= 0.6 is 0 Å². The first-order chi connectivity index (χ1) is 10.0. The third-order valence-corrected chi connectivity index (χ3v) is 2.23. The van der Waals surface area contributed by atoms with E-state index in [0.29, 0.717) is 6.61 Å². The summed E-state index contributed by atoms with van der Waals surface area (Å²) >= 11 is 0. The van der Waals surface area contributed by atoms with E-state index in [1.165, 1.54) is 5.56 Å². The van der Waals surface area contributed by atoms with Gasteiger partial charge in [0.05, 0.1) is 13.2 Å². The van der Waals surface area contributed by atoms with Crippen molar-refractivity contribution in [3.05, 3.63) is 29.8 Å². The van der Waals surface area contributed by atoms with Gasteiger partial charge in [0.25, 0.3) is 0 Å². The van der Waals surface area contributed by atoms with Crippen LogP contribution in [-0.4, -0.2) is 49.0 Å². The van der Waals surface area contributed by atoms with Gasteiger partial charge in [0.1, 0.15) is 5.75 Å². The maximum absolute atomic E-state index is 9.10. The Morgan fingerprint density at radius 2 is 1.71 bits per heavy atom. The number of carboxylic acid groups (broad SMARTS) is 2. The summed E-state index contributed by atoms with van der Waals surface area (Å²) in [5.74, 6) is -2.72. The topological polar surface area (TPSA) is 105 Å². The molecule has 21 heavy (non-hydrogen) atoms. The van der Waals surface area contributed by atoms with Crippen molar-refractivity contribution < 1.29 is 29.3 Å². The number of hydrogen-bond acceptors (Lipinski definition) is 5. The van der Waals surface area contributed by atoms with E-state index in [0.717, 1.165) is 25.4 Å². The van der Waals surface area contributed by atoms with Gasteiger partial charge in [0.2, 0.25) is 0 Å². The van der Waals surface area contributed by atoms with Gasteiger partial charge in [-0.15, -0.1) is 0 Å². The average molecular weight is 299 g/mol. The first-order valence-electron chi connectivity index (χ1n) is 6.38. The smallest absolute Gasteiger partial charge is 0.414 e. The van der Waals surface area contributed by atoms with Crippen molar-refractivity contribution in [1.29, 1.82) is 0 Å². The van der Waals surface area contributed by atoms with Crippen molar-refractivity contribution >= 4 is 11.9 Å². The molecular formula is C14H21NO6. The van der Waals surface area contributed by atoms with Crippen molar-refractivity contribution in [2.75, 3.05) is 26.9 Å². The molecule has 3 N–H and O–H groups in total. The van der Waals surface area contributed by atoms with Crippen LogP contribution in [0, 0.1) is 0 Å². The Kier molecular flexibility index (Phi) is 10.5. The zero-order chi connectivity index (χ0) is 16.1. The van der Waals surface area contributed by atoms with Gasteiger partial charge in [-0.25, -0.2) is 9.59 Å². The number of benzene rings is 1. The normalized spacial score (nSPS) is 9.43. The van der Waals surface area contributed by atoms with Crippen LogP contribution < -0.4 is 10.1 Å². The molecule has 0 aliphatic carbocycles. The first kappa shape index (κ1) is 18.9. The van der Waals surface area contributed by atoms with E-state index in [1.54, 1.807) is 7.11 Å². The van der Waals surface area contributed by atoms with E-state index in [9.17, 15) is 0 Å². The molecule has 1 aromatic carbocycles. The summed E-state index contributed by atoms with van der Waals surface area (Å²) in [6, 6.07) is 8.14. The Bertz CT molecular complexity index is 406. The third-order valence-electron chi connectivity index (χ3n) is 2.23. The second kappa shape index (κ2) is 11.7. The largest absolute Gasteiger partial charge is 0.494 e. The van der Waals surface area contributed by atoms with E-state index in [4.69, 9.17) is 29.3 Å². The minimum atomic E-state index is -1.82. The highest BCUT2D eigenvalue weighted by Crippen LogP contribution is 2.11. The van der Waals surface area contributed by atoms with Crippen LogP contribution in [0.2, 0.25) is 0 Å². The minimum Gasteiger partial charge on any atom is -0.494 e. The number of methoxy groups -OCH3 is 1. The Morgan fingerprint density at radius 3 is 2.14 bits per heavy atom. The lowest BCUT2D eigenvalue weighted by Crippen LogP contribution is -2.18. The molecule has 0 atom stereocenters. The summed E-state index contributed by atoms with van der Waals surface area (Å²) in [5, 5.41) is 18.1. The molecule has 0 aliphatic heterocycles. The molecule has 0 spiro atoms. The van der Waals surface area contributed by atoms with Gasteiger partial charge in [0, 0.05) is 20.2 Å². The molecule has 7 heteroatoms. The summed E-state index contributed by atoms with van der Waals surface area (Å²) < 4.78 is 10.3. The molecule has 0 heterocycles. The lowest BCUT2D eigenvalue weighted by atomic mass is 10.2. The van der Waals surface area contributed by atoms with Crippen LogP contribution in [0.5, 0.6) is 5.75 Å². The van der Waals surface area contributed by atoms with Crippen LogP contribution in [-0.2, 0) is 20.9 Å². The summed E-state index contributed by atoms with van der Waals surface area (Å²) in [7, 11) is 1.71. The van der Waals surface area contributed by atoms with Crippen molar-refractivity contribution in [3.8, 4) is 5.75 Å². The zero-order valence-electron chi connectivity index (χ0n) is 12.2. The molecule has 0 amide bonds. The SMILES string of the molecule is CCOc1ccc(CNCCOC)cc1.O=C(O)C(=O)O. The third kappa shape index (κ3) is 10.3. The summed E-state index contributed by atoms with van der Waals surface area (Å²) in [4.78, 5) is 18.2. The summed E-state index contributed by atoms with van der Waals surface area (Å²) in [6.07, 6.45) is 0. The van der Waals surface area contributed by atoms with Gasteiger partial charge in [-0.2, -0.15) is 0 Å². The minimum absolute atomic E-state index is 0.714. The van der Waals surface area contributed by atoms with E-state index < -0.39 is 11.9 Å². The summed E-state index contributed by atoms with van der Waals surface area (Å²) in [6.45, 7) is 5.20. The molecule has 0 unspecified atom stereocenters. The number of aliphatic carboxylic acids is 2. The van der Waals surface area contributed by atoms with E-state index in [1.807, 2.05) is 19.1 Å². The van der Waals surface area contributed by atoms with Crippen LogP contribution in [0.1, 0.15) is 12.5 Å². The van der Waals surface area contributed by atoms with Crippen LogP contribution in [0.4, 0.5) is 0 Å². The maximum atomic E-state index is 9.10. The number of ether oxygens (including phenoxy) is 2. The fourth-order valence-corrected chi connectivity index (χ4v) is 1.28. The van der Waals surface area contributed by atoms with Gasteiger partial charge < -0.3 is 25.0 Å². The highest BCUT2D eigenvalue weighted by Gasteiger charge is 2.04. The van der Waals surface area contributed by atoms with Crippen LogP contribution in [0.3, 0.4) is 0 Å². The highest BCUT2D eigenvalue weighted by molar-refractivity contribution is 6.27. The van der Waals surface area contributed by atoms with Gasteiger partial charge >= 0.3 is 11.9 Å². The maximum Gasteiger partial charge on any atom is 0.414 e. The Balaban J connectivity index is 0.000000567. The number of rotatable bonds is 7. The lowest BCUT2D eigenvalue weighted by Gasteiger charge is -2.06. The fraction of sp³-hybridized carbons (Fsp3) is 0.429. The Hall–Kier alpha value is -2.12. The van der Waals surface area contributed by atoms with Gasteiger partial charge in [-0.1, -0.05) is 12.1 Å². The fourth-order valence-electron chi connectivity index (χ4n) is 1.28. The molecule has 7 nitrogen and oxygen atoms in total. The molecule has 0 bridgehead atoms. The van der Waals surface area contributed by atoms with E-state index in [2.05, 4.69) is 17.4 Å². The van der Waals surface area contributed by atoms with Crippen molar-refractivity contribution in [2.45, 2.75) is 13.5 Å². The number of carboxylic acids is 2. The van der Waals surface area contributed by atoms with Crippen LogP contribution in [0.25, 0.3) is 0 Å². The van der Waals surface area contributed by atoms with Crippen LogP contribution in [0.15, 0.2) is 24.3 Å². The first-order valence-corrected chi connectivity index (χ1v) is 6.38. The molecule has 0 saturated heterocycles. The van der Waals surface area contributed by atoms with Crippen molar-refractivity contribution in [2.24, 2.45) is 0 Å². The van der Waals surface area contributed by atoms with E-state index in [-0.39, 0.29) is 0 Å². The molecule has 0 saturated carbocycles. The van der Waals surface area contributed by atoms with Gasteiger partial charge in [-0.05, 0) is 24.6 Å². The molecule has 0 aromatic heterocycles. The standard InChI is InChI=1S/C12H19NO2.C2H2O4/c1-3-15-12-6-4-11(5-7-12)10-13-8-9-14-2;3-1(4)2(5)6/h4-7,13H,3,8-10H2,1-2H3;(H,3,4)(H,5,6). The molecule has 0 fully saturated rings. The highest BCUT2D eigenvalue weighted by atomic mass is 16.5. The Morgan fingerprint density at radius 1 is 1.14 bits per heavy atom. The monoisotopic (exact) mass is 299 g/mol. The predicted octanol–water partition coefficient (Wildman–Crippen LogP) is 0.977. The second-order valence-electron chi connectivity index (χ2n) is 3.86. The summed E-state index contributed by atoms with van der Waals surface area (Å²) in [5.41, 5.74) is 1.26. The molecule has 1 aromatic rings. The van der Waals surface area contributed by atoms with Crippen molar-refractivity contribution in [3.63, 3.8) is 0 Å². The van der Waals surface area contributed by atoms with E-state index >= 15 is 0 Å². The second-order valence-corrected chi connectivity index (χ2v) is 3.86. The quantitative estimate of drug-likeness (QED) is 0.509. The zero-order valence-corrected chi connectivity index (χ0v) is 12.2. The van der Waals surface area contributed by atoms with Gasteiger partial charge in [-0.3, -0.25) is 0 Å². The molecule has 0 aliphatic rings. The molecular weight excluding hydrogens is 278 g/mol. The molecule has 0 radical (unpaired) electrons. The number of hydrogen-bond donors (Lipinski definition) is 3.